The highest BCUT2D eigenvalue weighted by Crippen LogP contribution is 2.28. The number of primary amides is 1. The SMILES string of the molecule is CCCOc1ccc(/C=C/C(=O)OCC(=O)NC(N)=O)cc1OC. The fraction of sp³-hybridized carbons (Fsp3) is 0.312. The third-order valence-electron chi connectivity index (χ3n) is 2.67. The molecule has 3 N–H and O–H groups in total. The van der Waals surface area contributed by atoms with Gasteiger partial charge in [-0.2, -0.15) is 0 Å². The van der Waals surface area contributed by atoms with Crippen molar-refractivity contribution in [2.24, 2.45) is 5.73 Å². The number of hydrogen-bond acceptors (Lipinski definition) is 6. The van der Waals surface area contributed by atoms with Crippen LogP contribution >= 0.6 is 0 Å². The Morgan fingerprint density at radius 3 is 2.62 bits per heavy atom. The lowest BCUT2D eigenvalue weighted by Gasteiger charge is -2.10. The first kappa shape index (κ1) is 19.0. The van der Waals surface area contributed by atoms with E-state index in [-0.39, 0.29) is 0 Å². The largest absolute Gasteiger partial charge is 0.493 e. The molecule has 0 atom stereocenters. The minimum atomic E-state index is -1.01. The minimum Gasteiger partial charge on any atom is -0.493 e. The summed E-state index contributed by atoms with van der Waals surface area (Å²) < 4.78 is 15.4. The van der Waals surface area contributed by atoms with E-state index in [0.29, 0.717) is 23.7 Å². The molecular weight excluding hydrogens is 316 g/mol. The zero-order chi connectivity index (χ0) is 17.9. The van der Waals surface area contributed by atoms with Crippen LogP contribution < -0.4 is 20.5 Å². The molecule has 0 fully saturated rings. The topological polar surface area (TPSA) is 117 Å². The lowest BCUT2D eigenvalue weighted by Crippen LogP contribution is -2.37. The van der Waals surface area contributed by atoms with Gasteiger partial charge in [0.15, 0.2) is 18.1 Å². The van der Waals surface area contributed by atoms with Gasteiger partial charge in [0, 0.05) is 6.08 Å². The van der Waals surface area contributed by atoms with Crippen LogP contribution in [0, 0.1) is 0 Å². The second kappa shape index (κ2) is 9.88. The Labute approximate surface area is 139 Å². The number of nitrogens with two attached hydrogens (primary N) is 1. The second-order valence-electron chi connectivity index (χ2n) is 4.61. The minimum absolute atomic E-state index is 0.541. The van der Waals surface area contributed by atoms with Crippen molar-refractivity contribution in [3.63, 3.8) is 0 Å². The van der Waals surface area contributed by atoms with E-state index in [1.807, 2.05) is 6.92 Å². The van der Waals surface area contributed by atoms with Gasteiger partial charge < -0.3 is 19.9 Å². The highest BCUT2D eigenvalue weighted by atomic mass is 16.5. The molecule has 0 bridgehead atoms. The summed E-state index contributed by atoms with van der Waals surface area (Å²) in [5, 5.41) is 1.78. The van der Waals surface area contributed by atoms with E-state index in [1.54, 1.807) is 23.5 Å². The van der Waals surface area contributed by atoms with E-state index < -0.39 is 24.5 Å². The van der Waals surface area contributed by atoms with E-state index in [2.05, 4.69) is 4.74 Å². The molecule has 3 amide bonds. The standard InChI is InChI=1S/C16H20N2O6/c1-3-8-23-12-6-4-11(9-13(12)22-2)5-7-15(20)24-10-14(19)18-16(17)21/h4-7,9H,3,8,10H2,1-2H3,(H3,17,18,19,21)/b7-5+. The van der Waals surface area contributed by atoms with Crippen LogP contribution in [-0.4, -0.2) is 38.2 Å². The summed E-state index contributed by atoms with van der Waals surface area (Å²) in [6.07, 6.45) is 3.53. The van der Waals surface area contributed by atoms with Gasteiger partial charge in [-0.05, 0) is 30.2 Å². The van der Waals surface area contributed by atoms with Crippen LogP contribution in [0.4, 0.5) is 4.79 Å². The van der Waals surface area contributed by atoms with Crippen molar-refractivity contribution in [3.05, 3.63) is 29.8 Å². The fourth-order valence-corrected chi connectivity index (χ4v) is 1.64. The molecule has 0 heterocycles. The summed E-state index contributed by atoms with van der Waals surface area (Å²) in [5.74, 6) is -0.384. The maximum absolute atomic E-state index is 11.5. The van der Waals surface area contributed by atoms with Gasteiger partial charge >= 0.3 is 12.0 Å². The lowest BCUT2D eigenvalue weighted by molar-refractivity contribution is -0.143. The molecule has 1 rings (SSSR count). The van der Waals surface area contributed by atoms with E-state index in [0.717, 1.165) is 12.5 Å². The lowest BCUT2D eigenvalue weighted by atomic mass is 10.2. The molecule has 8 nitrogen and oxygen atoms in total. The maximum Gasteiger partial charge on any atom is 0.331 e. The first-order valence-electron chi connectivity index (χ1n) is 7.21. The van der Waals surface area contributed by atoms with Crippen molar-refractivity contribution in [3.8, 4) is 11.5 Å². The number of esters is 1. The van der Waals surface area contributed by atoms with Gasteiger partial charge in [-0.3, -0.25) is 10.1 Å². The van der Waals surface area contributed by atoms with Crippen LogP contribution in [0.2, 0.25) is 0 Å². The summed E-state index contributed by atoms with van der Waals surface area (Å²) in [6.45, 7) is 1.98. The van der Waals surface area contributed by atoms with E-state index >= 15 is 0 Å². The molecule has 130 valence electrons. The fourth-order valence-electron chi connectivity index (χ4n) is 1.64. The zero-order valence-electron chi connectivity index (χ0n) is 13.5. The number of carbonyl (C=O) groups is 3. The Morgan fingerprint density at radius 2 is 2.00 bits per heavy atom. The highest BCUT2D eigenvalue weighted by molar-refractivity contribution is 5.95. The van der Waals surface area contributed by atoms with Crippen LogP contribution in [-0.2, 0) is 14.3 Å². The Kier molecular flexibility index (Phi) is 7.83. The van der Waals surface area contributed by atoms with Gasteiger partial charge in [-0.25, -0.2) is 9.59 Å². The predicted molar refractivity (Wildman–Crippen MR) is 86.5 cm³/mol. The number of ether oxygens (including phenoxy) is 3. The monoisotopic (exact) mass is 336 g/mol. The highest BCUT2D eigenvalue weighted by Gasteiger charge is 2.07. The number of methoxy groups -OCH3 is 1. The third-order valence-corrected chi connectivity index (χ3v) is 2.67. The van der Waals surface area contributed by atoms with Crippen LogP contribution in [0.1, 0.15) is 18.9 Å². The Balaban J connectivity index is 2.61. The molecule has 0 aromatic heterocycles. The first-order valence-corrected chi connectivity index (χ1v) is 7.21. The van der Waals surface area contributed by atoms with Gasteiger partial charge in [0.05, 0.1) is 13.7 Å². The molecule has 0 saturated carbocycles. The number of rotatable bonds is 8. The first-order chi connectivity index (χ1) is 11.5. The van der Waals surface area contributed by atoms with Crippen LogP contribution in [0.15, 0.2) is 24.3 Å². The molecule has 0 aliphatic heterocycles. The van der Waals surface area contributed by atoms with Gasteiger partial charge in [-0.15, -0.1) is 0 Å². The number of benzene rings is 1. The van der Waals surface area contributed by atoms with E-state index in [1.165, 1.54) is 13.2 Å². The van der Waals surface area contributed by atoms with Crippen molar-refractivity contribution in [2.75, 3.05) is 20.3 Å². The molecule has 0 unspecified atom stereocenters. The smallest absolute Gasteiger partial charge is 0.331 e. The van der Waals surface area contributed by atoms with Crippen molar-refractivity contribution in [1.29, 1.82) is 0 Å². The normalized spacial score (nSPS) is 10.2. The zero-order valence-corrected chi connectivity index (χ0v) is 13.5. The molecule has 0 radical (unpaired) electrons. The molecule has 1 aromatic rings. The van der Waals surface area contributed by atoms with Gasteiger partial charge in [0.1, 0.15) is 0 Å². The summed E-state index contributed by atoms with van der Waals surface area (Å²) in [7, 11) is 1.52. The third kappa shape index (κ3) is 6.82. The van der Waals surface area contributed by atoms with Gasteiger partial charge in [-0.1, -0.05) is 13.0 Å². The van der Waals surface area contributed by atoms with Gasteiger partial charge in [0.25, 0.3) is 5.91 Å². The Morgan fingerprint density at radius 1 is 1.25 bits per heavy atom. The predicted octanol–water partition coefficient (Wildman–Crippen LogP) is 1.24. The summed E-state index contributed by atoms with van der Waals surface area (Å²) >= 11 is 0. The van der Waals surface area contributed by atoms with Crippen molar-refractivity contribution >= 4 is 24.0 Å². The summed E-state index contributed by atoms with van der Waals surface area (Å²) in [4.78, 5) is 33.0. The molecule has 0 spiro atoms. The average Bonchev–Trinajstić information content (AvgIpc) is 2.55. The molecule has 0 aliphatic rings. The second-order valence-corrected chi connectivity index (χ2v) is 4.61. The quantitative estimate of drug-likeness (QED) is 0.545. The molecular formula is C16H20N2O6. The molecule has 8 heteroatoms. The van der Waals surface area contributed by atoms with Crippen LogP contribution in [0.3, 0.4) is 0 Å². The van der Waals surface area contributed by atoms with Crippen molar-refractivity contribution < 1.29 is 28.6 Å². The molecule has 24 heavy (non-hydrogen) atoms. The van der Waals surface area contributed by atoms with E-state index in [4.69, 9.17) is 15.2 Å². The molecule has 1 aromatic carbocycles. The Bertz CT molecular complexity index is 627. The number of imide groups is 1. The maximum atomic E-state index is 11.5. The average molecular weight is 336 g/mol. The van der Waals surface area contributed by atoms with Crippen LogP contribution in [0.25, 0.3) is 6.08 Å². The number of urea groups is 1. The number of hydrogen-bond donors (Lipinski definition) is 2. The van der Waals surface area contributed by atoms with Crippen LogP contribution in [0.5, 0.6) is 11.5 Å². The Hall–Kier alpha value is -3.03. The van der Waals surface area contributed by atoms with Gasteiger partial charge in [0.2, 0.25) is 0 Å². The van der Waals surface area contributed by atoms with Crippen molar-refractivity contribution in [2.45, 2.75) is 13.3 Å². The number of amides is 3. The molecule has 0 saturated heterocycles. The number of nitrogens with one attached hydrogen (secondary N) is 1. The number of carbonyl (C=O) groups excluding carboxylic acids is 3. The van der Waals surface area contributed by atoms with E-state index in [9.17, 15) is 14.4 Å². The summed E-state index contributed by atoms with van der Waals surface area (Å²) in [5.41, 5.74) is 5.45. The summed E-state index contributed by atoms with van der Waals surface area (Å²) in [6, 6.07) is 4.18. The van der Waals surface area contributed by atoms with Crippen molar-refractivity contribution in [1.82, 2.24) is 5.32 Å². The molecule has 0 aliphatic carbocycles.